The molecule has 0 spiro atoms. The molecule has 1 rings (SSSR count). The maximum absolute atomic E-state index is 10.1. The summed E-state index contributed by atoms with van der Waals surface area (Å²) in [5.74, 6) is 0.760. The number of nitrogens with zero attached hydrogens (tertiary/aromatic N) is 2. The van der Waals surface area contributed by atoms with E-state index in [-0.39, 0.29) is 0 Å². The van der Waals surface area contributed by atoms with Crippen molar-refractivity contribution in [2.75, 3.05) is 5.32 Å². The molecule has 17 heavy (non-hydrogen) atoms. The van der Waals surface area contributed by atoms with Gasteiger partial charge in [0.2, 0.25) is 0 Å². The molecule has 0 aromatic carbocycles. The number of aliphatic hydroxyl groups is 1. The summed E-state index contributed by atoms with van der Waals surface area (Å²) in [6.45, 7) is 9.60. The van der Waals surface area contributed by atoms with Gasteiger partial charge >= 0.3 is 0 Å². The van der Waals surface area contributed by atoms with Gasteiger partial charge in [0.25, 0.3) is 0 Å². The van der Waals surface area contributed by atoms with E-state index in [1.54, 1.807) is 20.2 Å². The number of anilines is 1. The van der Waals surface area contributed by atoms with Crippen LogP contribution in [0.25, 0.3) is 0 Å². The number of nitrogens with one attached hydrogen (secondary N) is 1. The molecule has 0 atom stereocenters. The van der Waals surface area contributed by atoms with Crippen LogP contribution in [0.15, 0.2) is 12.4 Å². The first-order chi connectivity index (χ1) is 7.76. The van der Waals surface area contributed by atoms with E-state index in [9.17, 15) is 5.11 Å². The molecule has 0 saturated carbocycles. The first kappa shape index (κ1) is 13.9. The van der Waals surface area contributed by atoms with Crippen molar-refractivity contribution in [1.82, 2.24) is 9.97 Å². The monoisotopic (exact) mass is 237 g/mol. The molecule has 0 aliphatic heterocycles. The molecular formula is C13H23N3O. The fourth-order valence-electron chi connectivity index (χ4n) is 1.33. The lowest BCUT2D eigenvalue weighted by Crippen LogP contribution is -2.51. The molecule has 0 aliphatic rings. The molecular weight excluding hydrogens is 214 g/mol. The topological polar surface area (TPSA) is 58.0 Å². The van der Waals surface area contributed by atoms with Crippen molar-refractivity contribution in [3.63, 3.8) is 0 Å². The van der Waals surface area contributed by atoms with Gasteiger partial charge in [0.15, 0.2) is 0 Å². The van der Waals surface area contributed by atoms with Crippen molar-refractivity contribution in [3.8, 4) is 0 Å². The van der Waals surface area contributed by atoms with E-state index in [2.05, 4.69) is 22.2 Å². The lowest BCUT2D eigenvalue weighted by molar-refractivity contribution is 0.0238. The molecule has 1 heterocycles. The molecule has 4 nitrogen and oxygen atoms in total. The van der Waals surface area contributed by atoms with Crippen LogP contribution in [0.2, 0.25) is 0 Å². The second kappa shape index (κ2) is 5.00. The first-order valence-corrected chi connectivity index (χ1v) is 6.08. The molecule has 0 fully saturated rings. The zero-order valence-corrected chi connectivity index (χ0v) is 11.4. The first-order valence-electron chi connectivity index (χ1n) is 6.08. The number of rotatable bonds is 5. The van der Waals surface area contributed by atoms with Gasteiger partial charge < -0.3 is 10.4 Å². The molecule has 1 aromatic heterocycles. The van der Waals surface area contributed by atoms with Gasteiger partial charge in [-0.3, -0.25) is 0 Å². The van der Waals surface area contributed by atoms with E-state index in [1.807, 2.05) is 19.9 Å². The Bertz CT molecular complexity index is 369. The van der Waals surface area contributed by atoms with Gasteiger partial charge in [0.05, 0.1) is 11.1 Å². The van der Waals surface area contributed by atoms with Crippen molar-refractivity contribution in [2.24, 2.45) is 0 Å². The third-order valence-corrected chi connectivity index (χ3v) is 3.20. The molecule has 2 N–H and O–H groups in total. The predicted molar refractivity (Wildman–Crippen MR) is 70.0 cm³/mol. The van der Waals surface area contributed by atoms with Crippen LogP contribution in [0.1, 0.15) is 46.7 Å². The van der Waals surface area contributed by atoms with Crippen LogP contribution in [0.5, 0.6) is 0 Å². The minimum Gasteiger partial charge on any atom is -0.388 e. The fraction of sp³-hybridized carbons (Fsp3) is 0.692. The normalized spacial score (nSPS) is 12.6. The SMILES string of the molecule is CCCc1cc(NC(C)(C)C(C)(C)O)ncn1. The Hall–Kier alpha value is -1.16. The number of aromatic nitrogens is 2. The number of hydrogen-bond acceptors (Lipinski definition) is 4. The highest BCUT2D eigenvalue weighted by molar-refractivity contribution is 5.38. The van der Waals surface area contributed by atoms with Gasteiger partial charge in [0.1, 0.15) is 12.1 Å². The van der Waals surface area contributed by atoms with Crippen molar-refractivity contribution in [3.05, 3.63) is 18.1 Å². The Kier molecular flexibility index (Phi) is 4.09. The second-order valence-corrected chi connectivity index (χ2v) is 5.45. The summed E-state index contributed by atoms with van der Waals surface area (Å²) >= 11 is 0. The Labute approximate surface area is 103 Å². The van der Waals surface area contributed by atoms with Crippen LogP contribution in [0.3, 0.4) is 0 Å². The Balaban J connectivity index is 2.84. The summed E-state index contributed by atoms with van der Waals surface area (Å²) in [5, 5.41) is 13.3. The van der Waals surface area contributed by atoms with Gasteiger partial charge in [-0.1, -0.05) is 13.3 Å². The third-order valence-electron chi connectivity index (χ3n) is 3.20. The molecule has 0 aliphatic carbocycles. The Morgan fingerprint density at radius 2 is 1.88 bits per heavy atom. The van der Waals surface area contributed by atoms with Crippen LogP contribution in [-0.4, -0.2) is 26.2 Å². The highest BCUT2D eigenvalue weighted by atomic mass is 16.3. The fourth-order valence-corrected chi connectivity index (χ4v) is 1.33. The molecule has 4 heteroatoms. The molecule has 0 saturated heterocycles. The number of aryl methyl sites for hydroxylation is 1. The van der Waals surface area contributed by atoms with E-state index in [1.165, 1.54) is 0 Å². The molecule has 0 bridgehead atoms. The summed E-state index contributed by atoms with van der Waals surface area (Å²) in [7, 11) is 0. The van der Waals surface area contributed by atoms with Crippen molar-refractivity contribution < 1.29 is 5.11 Å². The predicted octanol–water partition coefficient (Wildman–Crippen LogP) is 2.39. The summed E-state index contributed by atoms with van der Waals surface area (Å²) in [4.78, 5) is 8.39. The van der Waals surface area contributed by atoms with Gasteiger partial charge in [-0.15, -0.1) is 0 Å². The molecule has 0 radical (unpaired) electrons. The van der Waals surface area contributed by atoms with Crippen LogP contribution >= 0.6 is 0 Å². The van der Waals surface area contributed by atoms with Gasteiger partial charge in [-0.2, -0.15) is 0 Å². The van der Waals surface area contributed by atoms with Gasteiger partial charge in [-0.05, 0) is 34.1 Å². The van der Waals surface area contributed by atoms with Gasteiger partial charge in [0, 0.05) is 11.8 Å². The van der Waals surface area contributed by atoms with E-state index in [0.717, 1.165) is 24.4 Å². The van der Waals surface area contributed by atoms with Crippen LogP contribution in [0, 0.1) is 0 Å². The van der Waals surface area contributed by atoms with Gasteiger partial charge in [-0.25, -0.2) is 9.97 Å². The van der Waals surface area contributed by atoms with E-state index in [0.29, 0.717) is 0 Å². The Morgan fingerprint density at radius 1 is 1.24 bits per heavy atom. The van der Waals surface area contributed by atoms with Crippen molar-refractivity contribution in [2.45, 2.75) is 58.6 Å². The largest absolute Gasteiger partial charge is 0.388 e. The van der Waals surface area contributed by atoms with E-state index in [4.69, 9.17) is 0 Å². The highest BCUT2D eigenvalue weighted by Gasteiger charge is 2.35. The maximum Gasteiger partial charge on any atom is 0.130 e. The van der Waals surface area contributed by atoms with Crippen LogP contribution in [-0.2, 0) is 6.42 Å². The minimum absolute atomic E-state index is 0.454. The van der Waals surface area contributed by atoms with Crippen LogP contribution < -0.4 is 5.32 Å². The average Bonchev–Trinajstić information content (AvgIpc) is 2.16. The molecule has 96 valence electrons. The molecule has 0 amide bonds. The molecule has 1 aromatic rings. The zero-order valence-electron chi connectivity index (χ0n) is 11.4. The van der Waals surface area contributed by atoms with Crippen molar-refractivity contribution in [1.29, 1.82) is 0 Å². The van der Waals surface area contributed by atoms with Crippen LogP contribution in [0.4, 0.5) is 5.82 Å². The molecule has 0 unspecified atom stereocenters. The lowest BCUT2D eigenvalue weighted by Gasteiger charge is -2.38. The number of hydrogen-bond donors (Lipinski definition) is 2. The second-order valence-electron chi connectivity index (χ2n) is 5.45. The average molecular weight is 237 g/mol. The third kappa shape index (κ3) is 3.66. The smallest absolute Gasteiger partial charge is 0.130 e. The van der Waals surface area contributed by atoms with E-state index >= 15 is 0 Å². The summed E-state index contributed by atoms with van der Waals surface area (Å²) in [6.07, 6.45) is 3.57. The minimum atomic E-state index is -0.830. The highest BCUT2D eigenvalue weighted by Crippen LogP contribution is 2.25. The van der Waals surface area contributed by atoms with E-state index < -0.39 is 11.1 Å². The zero-order chi connectivity index (χ0) is 13.1. The lowest BCUT2D eigenvalue weighted by atomic mass is 9.86. The Morgan fingerprint density at radius 3 is 2.41 bits per heavy atom. The van der Waals surface area contributed by atoms with Crippen molar-refractivity contribution >= 4 is 5.82 Å². The quantitative estimate of drug-likeness (QED) is 0.825. The summed E-state index contributed by atoms with van der Waals surface area (Å²) in [6, 6.07) is 1.94. The summed E-state index contributed by atoms with van der Waals surface area (Å²) < 4.78 is 0. The maximum atomic E-state index is 10.1. The standard InChI is InChI=1S/C13H23N3O/c1-6-7-10-8-11(15-9-14-10)16-12(2,3)13(4,5)17/h8-9,17H,6-7H2,1-5H3,(H,14,15,16). The summed E-state index contributed by atoms with van der Waals surface area (Å²) in [5.41, 5.74) is -0.259.